The minimum Gasteiger partial charge on any atom is -0.387 e. The van der Waals surface area contributed by atoms with E-state index in [2.05, 4.69) is 29.6 Å². The van der Waals surface area contributed by atoms with Gasteiger partial charge in [0, 0.05) is 22.7 Å². The van der Waals surface area contributed by atoms with E-state index in [-0.39, 0.29) is 5.82 Å². The van der Waals surface area contributed by atoms with Gasteiger partial charge in [-0.05, 0) is 36.2 Å². The van der Waals surface area contributed by atoms with E-state index < -0.39 is 6.10 Å². The minimum atomic E-state index is -0.848. The van der Waals surface area contributed by atoms with Crippen molar-refractivity contribution < 1.29 is 9.50 Å². The number of aliphatic hydroxyl groups excluding tert-OH is 1. The fourth-order valence-corrected chi connectivity index (χ4v) is 3.12. The lowest BCUT2D eigenvalue weighted by Gasteiger charge is -2.13. The molecule has 0 saturated heterocycles. The number of halogens is 2. The number of benzene rings is 3. The summed E-state index contributed by atoms with van der Waals surface area (Å²) in [6.07, 6.45) is -0.0222. The van der Waals surface area contributed by atoms with Gasteiger partial charge in [-0.1, -0.05) is 72.3 Å². The van der Waals surface area contributed by atoms with E-state index in [1.54, 1.807) is 18.2 Å². The van der Waals surface area contributed by atoms with Gasteiger partial charge in [-0.25, -0.2) is 4.39 Å². The van der Waals surface area contributed by atoms with Gasteiger partial charge in [-0.2, -0.15) is 0 Å². The van der Waals surface area contributed by atoms with Crippen LogP contribution in [0.2, 0.25) is 5.02 Å². The Morgan fingerprint density at radius 3 is 2.35 bits per heavy atom. The van der Waals surface area contributed by atoms with Crippen LogP contribution in [-0.2, 0) is 6.42 Å². The molecule has 3 rings (SSSR count). The second kappa shape index (κ2) is 8.95. The van der Waals surface area contributed by atoms with Gasteiger partial charge in [-0.15, -0.1) is 0 Å². The molecule has 0 saturated carbocycles. The SMILES string of the molecule is OC(CNCCc1ccc(-c2ccccc2Cl)cc1)c1ccccc1F. The molecular formula is C22H21ClFNO. The lowest BCUT2D eigenvalue weighted by atomic mass is 10.0. The summed E-state index contributed by atoms with van der Waals surface area (Å²) in [6.45, 7) is 1.02. The summed E-state index contributed by atoms with van der Waals surface area (Å²) in [5.74, 6) is -0.378. The molecule has 3 aromatic carbocycles. The Balaban J connectivity index is 1.50. The van der Waals surface area contributed by atoms with Crippen LogP contribution in [0, 0.1) is 5.82 Å². The van der Waals surface area contributed by atoms with Crippen molar-refractivity contribution in [3.05, 3.63) is 94.8 Å². The van der Waals surface area contributed by atoms with Crippen LogP contribution in [0.5, 0.6) is 0 Å². The summed E-state index contributed by atoms with van der Waals surface area (Å²) in [5, 5.41) is 14.0. The Morgan fingerprint density at radius 2 is 1.62 bits per heavy atom. The predicted octanol–water partition coefficient (Wildman–Crippen LogP) is 5.01. The predicted molar refractivity (Wildman–Crippen MR) is 105 cm³/mol. The smallest absolute Gasteiger partial charge is 0.129 e. The first-order chi connectivity index (χ1) is 12.6. The number of nitrogens with one attached hydrogen (secondary N) is 1. The van der Waals surface area contributed by atoms with E-state index >= 15 is 0 Å². The van der Waals surface area contributed by atoms with Crippen LogP contribution in [0.15, 0.2) is 72.8 Å². The largest absolute Gasteiger partial charge is 0.387 e. The average molecular weight is 370 g/mol. The maximum Gasteiger partial charge on any atom is 0.129 e. The topological polar surface area (TPSA) is 32.3 Å². The Morgan fingerprint density at radius 1 is 0.923 bits per heavy atom. The summed E-state index contributed by atoms with van der Waals surface area (Å²) >= 11 is 6.23. The lowest BCUT2D eigenvalue weighted by Crippen LogP contribution is -2.24. The van der Waals surface area contributed by atoms with Gasteiger partial charge in [-0.3, -0.25) is 0 Å². The van der Waals surface area contributed by atoms with E-state index in [1.807, 2.05) is 24.3 Å². The van der Waals surface area contributed by atoms with Gasteiger partial charge in [0.2, 0.25) is 0 Å². The molecule has 2 N–H and O–H groups in total. The van der Waals surface area contributed by atoms with Crippen molar-refractivity contribution in [1.29, 1.82) is 0 Å². The van der Waals surface area contributed by atoms with Gasteiger partial charge in [0.1, 0.15) is 5.82 Å². The molecular weight excluding hydrogens is 349 g/mol. The third-order valence-corrected chi connectivity index (χ3v) is 4.66. The monoisotopic (exact) mass is 369 g/mol. The summed E-state index contributed by atoms with van der Waals surface area (Å²) in [5.41, 5.74) is 3.62. The number of rotatable bonds is 7. The van der Waals surface area contributed by atoms with Gasteiger partial charge in [0.15, 0.2) is 0 Å². The highest BCUT2D eigenvalue weighted by Crippen LogP contribution is 2.27. The number of aliphatic hydroxyl groups is 1. The molecule has 1 unspecified atom stereocenters. The molecule has 0 radical (unpaired) electrons. The van der Waals surface area contributed by atoms with Crippen molar-refractivity contribution in [3.63, 3.8) is 0 Å². The third-order valence-electron chi connectivity index (χ3n) is 4.33. The van der Waals surface area contributed by atoms with Crippen LogP contribution < -0.4 is 5.32 Å². The third kappa shape index (κ3) is 4.70. The van der Waals surface area contributed by atoms with Crippen LogP contribution in [0.3, 0.4) is 0 Å². The van der Waals surface area contributed by atoms with E-state index in [4.69, 9.17) is 11.6 Å². The van der Waals surface area contributed by atoms with Crippen molar-refractivity contribution in [2.75, 3.05) is 13.1 Å². The molecule has 0 aromatic heterocycles. The molecule has 26 heavy (non-hydrogen) atoms. The maximum atomic E-state index is 13.6. The maximum absolute atomic E-state index is 13.6. The molecule has 0 aliphatic rings. The Labute approximate surface area is 158 Å². The Kier molecular flexibility index (Phi) is 6.40. The zero-order chi connectivity index (χ0) is 18.4. The zero-order valence-corrected chi connectivity index (χ0v) is 15.1. The van der Waals surface area contributed by atoms with Crippen LogP contribution in [0.4, 0.5) is 4.39 Å². The molecule has 0 fully saturated rings. The quantitative estimate of drug-likeness (QED) is 0.574. The highest BCUT2D eigenvalue weighted by molar-refractivity contribution is 6.33. The Hall–Kier alpha value is -2.20. The van der Waals surface area contributed by atoms with Gasteiger partial charge in [0.25, 0.3) is 0 Å². The molecule has 0 aliphatic carbocycles. The van der Waals surface area contributed by atoms with Gasteiger partial charge in [0.05, 0.1) is 6.10 Å². The van der Waals surface area contributed by atoms with E-state index in [0.717, 1.165) is 22.6 Å². The van der Waals surface area contributed by atoms with Crippen molar-refractivity contribution in [1.82, 2.24) is 5.32 Å². The fourth-order valence-electron chi connectivity index (χ4n) is 2.87. The van der Waals surface area contributed by atoms with Gasteiger partial charge >= 0.3 is 0 Å². The van der Waals surface area contributed by atoms with E-state index in [0.29, 0.717) is 18.7 Å². The van der Waals surface area contributed by atoms with Crippen LogP contribution in [0.1, 0.15) is 17.2 Å². The van der Waals surface area contributed by atoms with Crippen molar-refractivity contribution >= 4 is 11.6 Å². The highest BCUT2D eigenvalue weighted by Gasteiger charge is 2.11. The van der Waals surface area contributed by atoms with Crippen molar-refractivity contribution in [2.24, 2.45) is 0 Å². The fraction of sp³-hybridized carbons (Fsp3) is 0.182. The normalized spacial score (nSPS) is 12.1. The van der Waals surface area contributed by atoms with E-state index in [1.165, 1.54) is 11.6 Å². The van der Waals surface area contributed by atoms with Crippen molar-refractivity contribution in [2.45, 2.75) is 12.5 Å². The first-order valence-corrected chi connectivity index (χ1v) is 9.00. The molecule has 1 atom stereocenters. The standard InChI is InChI=1S/C22H21ClFNO/c23-20-7-3-1-5-18(20)17-11-9-16(10-12-17)13-14-25-15-22(26)19-6-2-4-8-21(19)24/h1-12,22,25-26H,13-15H2. The minimum absolute atomic E-state index is 0.318. The second-order valence-corrected chi connectivity index (χ2v) is 6.58. The summed E-state index contributed by atoms with van der Waals surface area (Å²) < 4.78 is 13.6. The van der Waals surface area contributed by atoms with Crippen LogP contribution in [0.25, 0.3) is 11.1 Å². The molecule has 0 amide bonds. The zero-order valence-electron chi connectivity index (χ0n) is 14.3. The first-order valence-electron chi connectivity index (χ1n) is 8.62. The van der Waals surface area contributed by atoms with Crippen LogP contribution in [-0.4, -0.2) is 18.2 Å². The van der Waals surface area contributed by atoms with E-state index in [9.17, 15) is 9.50 Å². The summed E-state index contributed by atoms with van der Waals surface area (Å²) in [7, 11) is 0. The summed E-state index contributed by atoms with van der Waals surface area (Å²) in [4.78, 5) is 0. The molecule has 4 heteroatoms. The second-order valence-electron chi connectivity index (χ2n) is 6.17. The molecule has 134 valence electrons. The lowest BCUT2D eigenvalue weighted by molar-refractivity contribution is 0.170. The van der Waals surface area contributed by atoms with Crippen LogP contribution >= 0.6 is 11.6 Å². The molecule has 0 heterocycles. The molecule has 0 spiro atoms. The summed E-state index contributed by atoms with van der Waals surface area (Å²) in [6, 6.07) is 22.4. The number of hydrogen-bond acceptors (Lipinski definition) is 2. The molecule has 0 bridgehead atoms. The number of hydrogen-bond donors (Lipinski definition) is 2. The first kappa shape index (κ1) is 18.6. The van der Waals surface area contributed by atoms with Crippen molar-refractivity contribution in [3.8, 4) is 11.1 Å². The molecule has 2 nitrogen and oxygen atoms in total. The highest BCUT2D eigenvalue weighted by atomic mass is 35.5. The average Bonchev–Trinajstić information content (AvgIpc) is 2.66. The van der Waals surface area contributed by atoms with Gasteiger partial charge < -0.3 is 10.4 Å². The molecule has 3 aromatic rings. The molecule has 0 aliphatic heterocycles. The Bertz CT molecular complexity index is 851.